The molecule has 1 heterocycles. The van der Waals surface area contributed by atoms with Crippen LogP contribution in [0.3, 0.4) is 0 Å². The minimum absolute atomic E-state index is 0.0199. The fourth-order valence-corrected chi connectivity index (χ4v) is 3.39. The Hall–Kier alpha value is -2.67. The molecule has 2 rings (SSSR count). The second-order valence-corrected chi connectivity index (χ2v) is 8.33. The number of esters is 1. The number of aliphatic hydroxyl groups is 1. The zero-order chi connectivity index (χ0) is 22.6. The van der Waals surface area contributed by atoms with E-state index in [2.05, 4.69) is 10.6 Å². The lowest BCUT2D eigenvalue weighted by atomic mass is 9.96. The molecule has 0 bridgehead atoms. The van der Waals surface area contributed by atoms with Gasteiger partial charge < -0.3 is 20.5 Å². The van der Waals surface area contributed by atoms with Crippen molar-refractivity contribution in [3.05, 3.63) is 48.0 Å². The lowest BCUT2D eigenvalue weighted by Gasteiger charge is -2.25. The van der Waals surface area contributed by atoms with Gasteiger partial charge in [0, 0.05) is 12.8 Å². The van der Waals surface area contributed by atoms with Crippen molar-refractivity contribution < 1.29 is 24.2 Å². The van der Waals surface area contributed by atoms with Crippen molar-refractivity contribution in [3.63, 3.8) is 0 Å². The summed E-state index contributed by atoms with van der Waals surface area (Å²) in [5, 5.41) is 15.5. The molecule has 1 aliphatic heterocycles. The van der Waals surface area contributed by atoms with E-state index in [1.54, 1.807) is 0 Å². The maximum Gasteiger partial charge on any atom is 0.306 e. The molecule has 31 heavy (non-hydrogen) atoms. The summed E-state index contributed by atoms with van der Waals surface area (Å²) in [6.45, 7) is 3.83. The first-order valence-electron chi connectivity index (χ1n) is 10.9. The highest BCUT2D eigenvalue weighted by Crippen LogP contribution is 2.15. The first-order chi connectivity index (χ1) is 14.9. The number of ether oxygens (including phenoxy) is 1. The van der Waals surface area contributed by atoms with Crippen molar-refractivity contribution in [2.75, 3.05) is 13.2 Å². The summed E-state index contributed by atoms with van der Waals surface area (Å²) in [7, 11) is 0. The first-order valence-corrected chi connectivity index (χ1v) is 10.9. The van der Waals surface area contributed by atoms with E-state index in [9.17, 15) is 19.5 Å². The van der Waals surface area contributed by atoms with E-state index in [0.717, 1.165) is 5.56 Å². The summed E-state index contributed by atoms with van der Waals surface area (Å²) in [6, 6.07) is 8.90. The standard InChI is InChI=1S/C24H34N2O5/c1-17(2)21-16-31-23(29)12-8-4-7-11-19(24(30)26-21)14-22(28)25-20(15-27)13-18-9-5-3-6-10-18/h3-7,9-10,17,19-21,27H,8,11-16H2,1-2H3,(H,25,28)(H,26,30)/t19-,20+,21-/m1/s1. The van der Waals surface area contributed by atoms with Crippen molar-refractivity contribution >= 4 is 17.8 Å². The molecule has 7 heteroatoms. The predicted octanol–water partition coefficient (Wildman–Crippen LogP) is 2.14. The van der Waals surface area contributed by atoms with Gasteiger partial charge in [-0.3, -0.25) is 14.4 Å². The van der Waals surface area contributed by atoms with Gasteiger partial charge in [-0.05, 0) is 30.7 Å². The van der Waals surface area contributed by atoms with Crippen LogP contribution in [0.5, 0.6) is 0 Å². The number of carbonyl (C=O) groups is 3. The molecular formula is C24H34N2O5. The molecule has 0 aliphatic carbocycles. The highest BCUT2D eigenvalue weighted by atomic mass is 16.5. The monoisotopic (exact) mass is 430 g/mol. The van der Waals surface area contributed by atoms with E-state index >= 15 is 0 Å². The zero-order valence-electron chi connectivity index (χ0n) is 18.4. The fraction of sp³-hybridized carbons (Fsp3) is 0.542. The SMILES string of the molecule is CC(C)[C@H]1COC(=O)CCC=CC[C@H](CC(=O)N[C@H](CO)Cc2ccccc2)C(=O)N1. The van der Waals surface area contributed by atoms with Gasteiger partial charge in [0.1, 0.15) is 6.61 Å². The average molecular weight is 431 g/mol. The third-order valence-electron chi connectivity index (χ3n) is 5.37. The number of benzene rings is 1. The topological polar surface area (TPSA) is 105 Å². The van der Waals surface area contributed by atoms with Crippen molar-refractivity contribution in [1.82, 2.24) is 10.6 Å². The zero-order valence-corrected chi connectivity index (χ0v) is 18.4. The van der Waals surface area contributed by atoms with Gasteiger partial charge in [0.05, 0.1) is 24.6 Å². The molecule has 1 aromatic rings. The lowest BCUT2D eigenvalue weighted by molar-refractivity contribution is -0.145. The van der Waals surface area contributed by atoms with Crippen LogP contribution in [-0.4, -0.2) is 48.2 Å². The van der Waals surface area contributed by atoms with Gasteiger partial charge in [-0.25, -0.2) is 0 Å². The summed E-state index contributed by atoms with van der Waals surface area (Å²) in [5.74, 6) is -1.26. The summed E-state index contributed by atoms with van der Waals surface area (Å²) >= 11 is 0. The highest BCUT2D eigenvalue weighted by molar-refractivity contribution is 5.86. The van der Waals surface area contributed by atoms with Crippen LogP contribution in [0.15, 0.2) is 42.5 Å². The molecule has 0 saturated heterocycles. The van der Waals surface area contributed by atoms with Crippen LogP contribution >= 0.6 is 0 Å². The van der Waals surface area contributed by atoms with Crippen molar-refractivity contribution in [1.29, 1.82) is 0 Å². The highest BCUT2D eigenvalue weighted by Gasteiger charge is 2.26. The number of hydrogen-bond donors (Lipinski definition) is 3. The van der Waals surface area contributed by atoms with Crippen molar-refractivity contribution in [2.24, 2.45) is 11.8 Å². The molecule has 2 amide bonds. The molecule has 0 spiro atoms. The summed E-state index contributed by atoms with van der Waals surface area (Å²) in [6.07, 6.45) is 5.44. The molecule has 0 saturated carbocycles. The van der Waals surface area contributed by atoms with Crippen LogP contribution in [0.1, 0.15) is 45.1 Å². The van der Waals surface area contributed by atoms with E-state index in [1.165, 1.54) is 0 Å². The normalized spacial score (nSPS) is 21.4. The Balaban J connectivity index is 2.02. The molecule has 0 fully saturated rings. The summed E-state index contributed by atoms with van der Waals surface area (Å²) in [5.41, 5.74) is 1.02. The van der Waals surface area contributed by atoms with E-state index in [4.69, 9.17) is 4.74 Å². The van der Waals surface area contributed by atoms with E-state index in [1.807, 2.05) is 56.3 Å². The molecular weight excluding hydrogens is 396 g/mol. The number of hydrogen-bond acceptors (Lipinski definition) is 5. The molecule has 0 unspecified atom stereocenters. The molecule has 3 atom stereocenters. The van der Waals surface area contributed by atoms with Crippen LogP contribution in [0.4, 0.5) is 0 Å². The van der Waals surface area contributed by atoms with Crippen molar-refractivity contribution in [2.45, 2.75) is 58.0 Å². The number of allylic oxidation sites excluding steroid dienone is 2. The van der Waals surface area contributed by atoms with Crippen LogP contribution in [0.25, 0.3) is 0 Å². The van der Waals surface area contributed by atoms with Gasteiger partial charge in [0.15, 0.2) is 0 Å². The maximum absolute atomic E-state index is 12.9. The summed E-state index contributed by atoms with van der Waals surface area (Å²) < 4.78 is 5.28. The molecule has 170 valence electrons. The Bertz CT molecular complexity index is 748. The molecule has 3 N–H and O–H groups in total. The smallest absolute Gasteiger partial charge is 0.306 e. The van der Waals surface area contributed by atoms with Crippen molar-refractivity contribution in [3.8, 4) is 0 Å². The largest absolute Gasteiger partial charge is 0.463 e. The lowest BCUT2D eigenvalue weighted by Crippen LogP contribution is -2.46. The van der Waals surface area contributed by atoms with Crippen LogP contribution in [0.2, 0.25) is 0 Å². The van der Waals surface area contributed by atoms with Gasteiger partial charge in [0.25, 0.3) is 0 Å². The third-order valence-corrected chi connectivity index (χ3v) is 5.37. The maximum atomic E-state index is 12.9. The van der Waals surface area contributed by atoms with E-state index in [0.29, 0.717) is 19.3 Å². The summed E-state index contributed by atoms with van der Waals surface area (Å²) in [4.78, 5) is 37.3. The first kappa shape index (κ1) is 24.6. The number of carbonyl (C=O) groups excluding carboxylic acids is 3. The quantitative estimate of drug-likeness (QED) is 0.454. The minimum atomic E-state index is -0.538. The van der Waals surface area contributed by atoms with Gasteiger partial charge in [0.2, 0.25) is 11.8 Å². The second kappa shape index (κ2) is 12.9. The van der Waals surface area contributed by atoms with Gasteiger partial charge in [-0.15, -0.1) is 0 Å². The Kier molecular flexibility index (Phi) is 10.2. The van der Waals surface area contributed by atoms with Gasteiger partial charge in [-0.2, -0.15) is 0 Å². The van der Waals surface area contributed by atoms with Crippen LogP contribution < -0.4 is 10.6 Å². The number of nitrogens with one attached hydrogen (secondary N) is 2. The number of amides is 2. The van der Waals surface area contributed by atoms with Gasteiger partial charge in [-0.1, -0.05) is 56.3 Å². The van der Waals surface area contributed by atoms with E-state index in [-0.39, 0.29) is 55.8 Å². The molecule has 0 radical (unpaired) electrons. The molecule has 1 aromatic carbocycles. The Morgan fingerprint density at radius 1 is 1.23 bits per heavy atom. The number of rotatable bonds is 7. The Labute approximate surface area is 184 Å². The van der Waals surface area contributed by atoms with E-state index < -0.39 is 12.0 Å². The number of cyclic esters (lactones) is 1. The number of aliphatic hydroxyl groups excluding tert-OH is 1. The molecule has 0 aromatic heterocycles. The van der Waals surface area contributed by atoms with Crippen LogP contribution in [-0.2, 0) is 25.5 Å². The second-order valence-electron chi connectivity index (χ2n) is 8.33. The van der Waals surface area contributed by atoms with Crippen LogP contribution in [0, 0.1) is 11.8 Å². The molecule has 7 nitrogen and oxygen atoms in total. The Morgan fingerprint density at radius 3 is 2.65 bits per heavy atom. The predicted molar refractivity (Wildman–Crippen MR) is 118 cm³/mol. The minimum Gasteiger partial charge on any atom is -0.463 e. The fourth-order valence-electron chi connectivity index (χ4n) is 3.39. The third kappa shape index (κ3) is 8.92. The molecule has 1 aliphatic rings. The van der Waals surface area contributed by atoms with Gasteiger partial charge >= 0.3 is 5.97 Å². The average Bonchev–Trinajstić information content (AvgIpc) is 2.74. The Morgan fingerprint density at radius 2 is 1.97 bits per heavy atom.